The van der Waals surface area contributed by atoms with Crippen LogP contribution in [0.4, 0.5) is 5.69 Å². The van der Waals surface area contributed by atoms with Crippen LogP contribution in [0.15, 0.2) is 30.3 Å². The fourth-order valence-electron chi connectivity index (χ4n) is 1.81. The predicted octanol–water partition coefficient (Wildman–Crippen LogP) is 2.40. The summed E-state index contributed by atoms with van der Waals surface area (Å²) in [6, 6.07) is 10.6. The maximum absolute atomic E-state index is 6.29. The van der Waals surface area contributed by atoms with Crippen molar-refractivity contribution in [2.24, 2.45) is 0 Å². The molecular weight excluding hydrogens is 196 g/mol. The van der Waals surface area contributed by atoms with Crippen LogP contribution < -0.4 is 9.74 Å². The second-order valence-electron chi connectivity index (χ2n) is 3.63. The van der Waals surface area contributed by atoms with Crippen molar-refractivity contribution in [1.82, 2.24) is 5.32 Å². The molecule has 1 heterocycles. The van der Waals surface area contributed by atoms with E-state index in [2.05, 4.69) is 17.4 Å². The minimum Gasteiger partial charge on any atom is -0.317 e. The number of hydrogen-bond acceptors (Lipinski definition) is 2. The van der Waals surface area contributed by atoms with E-state index in [4.69, 9.17) is 11.8 Å². The number of nitrogens with zero attached hydrogens (tertiary/aromatic N) is 1. The van der Waals surface area contributed by atoms with Gasteiger partial charge in [-0.15, -0.1) is 0 Å². The lowest BCUT2D eigenvalue weighted by atomic mass is 10.1. The van der Waals surface area contributed by atoms with Gasteiger partial charge in [-0.2, -0.15) is 0 Å². The van der Waals surface area contributed by atoms with Gasteiger partial charge in [-0.1, -0.05) is 18.2 Å². The van der Waals surface area contributed by atoms with Gasteiger partial charge in [-0.3, -0.25) is 4.42 Å². The smallest absolute Gasteiger partial charge is 0.0526 e. The first kappa shape index (κ1) is 9.81. The van der Waals surface area contributed by atoms with Crippen molar-refractivity contribution in [3.05, 3.63) is 30.3 Å². The molecule has 0 radical (unpaired) electrons. The summed E-state index contributed by atoms with van der Waals surface area (Å²) >= 11 is 6.29. The highest BCUT2D eigenvalue weighted by atomic mass is 35.5. The van der Waals surface area contributed by atoms with Gasteiger partial charge in [-0.05, 0) is 38.1 Å². The summed E-state index contributed by atoms with van der Waals surface area (Å²) < 4.78 is 1.88. The van der Waals surface area contributed by atoms with Gasteiger partial charge in [0, 0.05) is 17.8 Å². The van der Waals surface area contributed by atoms with E-state index < -0.39 is 0 Å². The van der Waals surface area contributed by atoms with E-state index in [0.29, 0.717) is 6.04 Å². The maximum atomic E-state index is 6.29. The van der Waals surface area contributed by atoms with Gasteiger partial charge in [0.15, 0.2) is 0 Å². The molecule has 1 aromatic rings. The maximum Gasteiger partial charge on any atom is 0.0526 e. The SMILES string of the molecule is ClN(c1ccccc1)C1CCNCC1. The zero-order chi connectivity index (χ0) is 9.80. The van der Waals surface area contributed by atoms with Crippen LogP contribution in [0.25, 0.3) is 0 Å². The van der Waals surface area contributed by atoms with E-state index in [-0.39, 0.29) is 0 Å². The van der Waals surface area contributed by atoms with E-state index in [1.807, 2.05) is 22.6 Å². The van der Waals surface area contributed by atoms with Crippen molar-refractivity contribution >= 4 is 17.5 Å². The molecule has 76 valence electrons. The van der Waals surface area contributed by atoms with Crippen molar-refractivity contribution in [3.63, 3.8) is 0 Å². The Morgan fingerprint density at radius 2 is 1.79 bits per heavy atom. The van der Waals surface area contributed by atoms with Crippen molar-refractivity contribution in [2.45, 2.75) is 18.9 Å². The van der Waals surface area contributed by atoms with Crippen LogP contribution in [-0.4, -0.2) is 19.1 Å². The summed E-state index contributed by atoms with van der Waals surface area (Å²) in [6.45, 7) is 2.14. The van der Waals surface area contributed by atoms with Gasteiger partial charge in [0.25, 0.3) is 0 Å². The van der Waals surface area contributed by atoms with Crippen molar-refractivity contribution in [3.8, 4) is 0 Å². The number of para-hydroxylation sites is 1. The lowest BCUT2D eigenvalue weighted by molar-refractivity contribution is 0.461. The summed E-state index contributed by atoms with van der Waals surface area (Å²) in [5, 5.41) is 3.34. The number of anilines is 1. The Morgan fingerprint density at radius 3 is 2.43 bits per heavy atom. The molecular formula is C11H15ClN2. The van der Waals surface area contributed by atoms with Gasteiger partial charge < -0.3 is 5.32 Å². The average Bonchev–Trinajstić information content (AvgIpc) is 2.30. The largest absolute Gasteiger partial charge is 0.317 e. The summed E-state index contributed by atoms with van der Waals surface area (Å²) in [7, 11) is 0. The highest BCUT2D eigenvalue weighted by Gasteiger charge is 2.19. The van der Waals surface area contributed by atoms with Crippen LogP contribution in [0.2, 0.25) is 0 Å². The van der Waals surface area contributed by atoms with E-state index in [1.54, 1.807) is 0 Å². The zero-order valence-electron chi connectivity index (χ0n) is 8.12. The van der Waals surface area contributed by atoms with Crippen LogP contribution in [0.1, 0.15) is 12.8 Å². The van der Waals surface area contributed by atoms with Crippen molar-refractivity contribution in [1.29, 1.82) is 0 Å². The molecule has 1 aliphatic heterocycles. The topological polar surface area (TPSA) is 15.3 Å². The lowest BCUT2D eigenvalue weighted by Crippen LogP contribution is -2.38. The zero-order valence-corrected chi connectivity index (χ0v) is 8.87. The number of rotatable bonds is 2. The minimum absolute atomic E-state index is 0.473. The molecule has 0 spiro atoms. The monoisotopic (exact) mass is 210 g/mol. The van der Waals surface area contributed by atoms with Gasteiger partial charge in [0.2, 0.25) is 0 Å². The molecule has 0 amide bonds. The third kappa shape index (κ3) is 2.20. The number of benzene rings is 1. The Balaban J connectivity index is 2.03. The molecule has 1 N–H and O–H groups in total. The van der Waals surface area contributed by atoms with Crippen LogP contribution in [0, 0.1) is 0 Å². The van der Waals surface area contributed by atoms with Crippen molar-refractivity contribution in [2.75, 3.05) is 17.5 Å². The molecule has 14 heavy (non-hydrogen) atoms. The molecule has 2 rings (SSSR count). The molecule has 1 saturated heterocycles. The Bertz CT molecular complexity index is 270. The van der Waals surface area contributed by atoms with Crippen LogP contribution in [0.3, 0.4) is 0 Å². The van der Waals surface area contributed by atoms with E-state index >= 15 is 0 Å². The molecule has 0 atom stereocenters. The molecule has 0 bridgehead atoms. The molecule has 0 aromatic heterocycles. The highest BCUT2D eigenvalue weighted by Crippen LogP contribution is 2.23. The van der Waals surface area contributed by atoms with E-state index in [1.165, 1.54) is 0 Å². The Morgan fingerprint density at radius 1 is 1.14 bits per heavy atom. The number of nitrogens with one attached hydrogen (secondary N) is 1. The van der Waals surface area contributed by atoms with Crippen molar-refractivity contribution < 1.29 is 0 Å². The van der Waals surface area contributed by atoms with Crippen LogP contribution in [-0.2, 0) is 0 Å². The number of hydrogen-bond donors (Lipinski definition) is 1. The summed E-state index contributed by atoms with van der Waals surface area (Å²) in [5.74, 6) is 0. The standard InChI is InChI=1S/C11H15ClN2/c12-14(10-4-2-1-3-5-10)11-6-8-13-9-7-11/h1-5,11,13H,6-9H2. The molecule has 1 fully saturated rings. The molecule has 0 unspecified atom stereocenters. The van der Waals surface area contributed by atoms with Gasteiger partial charge in [-0.25, -0.2) is 0 Å². The van der Waals surface area contributed by atoms with Crippen LogP contribution >= 0.6 is 11.8 Å². The Kier molecular flexibility index (Phi) is 3.27. The first-order valence-corrected chi connectivity index (χ1v) is 5.42. The molecule has 0 aliphatic carbocycles. The Labute approximate surface area is 90.0 Å². The number of halogens is 1. The van der Waals surface area contributed by atoms with E-state index in [9.17, 15) is 0 Å². The molecule has 2 nitrogen and oxygen atoms in total. The second-order valence-corrected chi connectivity index (χ2v) is 3.99. The van der Waals surface area contributed by atoms with E-state index in [0.717, 1.165) is 31.6 Å². The van der Waals surface area contributed by atoms with Crippen LogP contribution in [0.5, 0.6) is 0 Å². The predicted molar refractivity (Wildman–Crippen MR) is 60.7 cm³/mol. The minimum atomic E-state index is 0.473. The molecule has 3 heteroatoms. The highest BCUT2D eigenvalue weighted by molar-refractivity contribution is 6.25. The van der Waals surface area contributed by atoms with Gasteiger partial charge in [0.1, 0.15) is 0 Å². The Hall–Kier alpha value is -0.730. The van der Waals surface area contributed by atoms with Gasteiger partial charge in [0.05, 0.1) is 5.69 Å². The average molecular weight is 211 g/mol. The third-order valence-electron chi connectivity index (χ3n) is 2.63. The number of piperidine rings is 1. The summed E-state index contributed by atoms with van der Waals surface area (Å²) in [4.78, 5) is 0. The molecule has 1 aromatic carbocycles. The lowest BCUT2D eigenvalue weighted by Gasteiger charge is -2.30. The third-order valence-corrected chi connectivity index (χ3v) is 3.10. The second kappa shape index (κ2) is 4.67. The molecule has 0 saturated carbocycles. The normalized spacial score (nSPS) is 18.1. The fraction of sp³-hybridized carbons (Fsp3) is 0.455. The van der Waals surface area contributed by atoms with Gasteiger partial charge >= 0.3 is 0 Å². The fourth-order valence-corrected chi connectivity index (χ4v) is 2.12. The first-order valence-electron chi connectivity index (χ1n) is 5.09. The summed E-state index contributed by atoms with van der Waals surface area (Å²) in [5.41, 5.74) is 1.10. The first-order chi connectivity index (χ1) is 6.88. The molecule has 1 aliphatic rings. The quantitative estimate of drug-likeness (QED) is 0.755. The summed E-state index contributed by atoms with van der Waals surface area (Å²) in [6.07, 6.45) is 2.25.